The fourth-order valence-corrected chi connectivity index (χ4v) is 2.55. The number of aryl methyl sites for hydroxylation is 1. The van der Waals surface area contributed by atoms with Gasteiger partial charge >= 0.3 is 0 Å². The average molecular weight is 317 g/mol. The number of benzene rings is 2. The normalized spacial score (nSPS) is 10.9. The van der Waals surface area contributed by atoms with Crippen LogP contribution in [0.5, 0.6) is 0 Å². The van der Waals surface area contributed by atoms with Crippen molar-refractivity contribution in [1.29, 1.82) is 0 Å². The Bertz CT molecular complexity index is 1050. The highest BCUT2D eigenvalue weighted by molar-refractivity contribution is 5.76. The molecule has 0 saturated carbocycles. The lowest BCUT2D eigenvalue weighted by atomic mass is 10.2. The third kappa shape index (κ3) is 2.54. The summed E-state index contributed by atoms with van der Waals surface area (Å²) in [7, 11) is 0. The van der Waals surface area contributed by atoms with Crippen LogP contribution >= 0.6 is 0 Å². The van der Waals surface area contributed by atoms with E-state index in [2.05, 4.69) is 20.4 Å². The average Bonchev–Trinajstić information content (AvgIpc) is 3.02. The summed E-state index contributed by atoms with van der Waals surface area (Å²) < 4.78 is 1.59. The number of H-pyrrole nitrogens is 1. The summed E-state index contributed by atoms with van der Waals surface area (Å²) >= 11 is 0. The maximum atomic E-state index is 12.5. The standard InChI is InChI=1S/C18H15N5O/c1-12-7-9-13(10-8-12)20-18-21-15-11-19-23(16(15)17(24)22-18)14-5-3-2-4-6-14/h2-11H,1H3,(H2,20,21,22,24). The van der Waals surface area contributed by atoms with Crippen molar-refractivity contribution in [2.24, 2.45) is 0 Å². The van der Waals surface area contributed by atoms with E-state index in [0.717, 1.165) is 11.4 Å². The smallest absolute Gasteiger partial charge is 0.278 e. The molecule has 0 aliphatic carbocycles. The molecule has 2 heterocycles. The molecule has 0 atom stereocenters. The number of hydrogen-bond donors (Lipinski definition) is 2. The summed E-state index contributed by atoms with van der Waals surface area (Å²) in [4.78, 5) is 19.7. The highest BCUT2D eigenvalue weighted by atomic mass is 16.1. The Morgan fingerprint density at radius 3 is 2.54 bits per heavy atom. The van der Waals surface area contributed by atoms with Gasteiger partial charge in [-0.1, -0.05) is 35.9 Å². The first-order chi connectivity index (χ1) is 11.7. The SMILES string of the molecule is Cc1ccc(Nc2nc3cnn(-c4ccccc4)c3c(=O)[nH]2)cc1. The van der Waals surface area contributed by atoms with Gasteiger partial charge in [0.15, 0.2) is 5.52 Å². The lowest BCUT2D eigenvalue weighted by Gasteiger charge is -2.06. The van der Waals surface area contributed by atoms with Crippen LogP contribution in [0.2, 0.25) is 0 Å². The number of para-hydroxylation sites is 1. The van der Waals surface area contributed by atoms with E-state index < -0.39 is 0 Å². The number of nitrogens with one attached hydrogen (secondary N) is 2. The van der Waals surface area contributed by atoms with Crippen molar-refractivity contribution in [3.63, 3.8) is 0 Å². The van der Waals surface area contributed by atoms with Gasteiger partial charge in [0.25, 0.3) is 5.56 Å². The molecule has 0 saturated heterocycles. The minimum atomic E-state index is -0.240. The first-order valence-electron chi connectivity index (χ1n) is 7.58. The zero-order chi connectivity index (χ0) is 16.5. The van der Waals surface area contributed by atoms with Crippen molar-refractivity contribution in [3.05, 3.63) is 76.7 Å². The van der Waals surface area contributed by atoms with Crippen LogP contribution in [0.25, 0.3) is 16.7 Å². The van der Waals surface area contributed by atoms with Gasteiger partial charge in [-0.15, -0.1) is 0 Å². The second-order valence-electron chi connectivity index (χ2n) is 5.53. The molecule has 4 aromatic rings. The van der Waals surface area contributed by atoms with Crippen molar-refractivity contribution in [2.75, 3.05) is 5.32 Å². The van der Waals surface area contributed by atoms with Gasteiger partial charge in [0.2, 0.25) is 5.95 Å². The van der Waals surface area contributed by atoms with Crippen LogP contribution in [0.1, 0.15) is 5.56 Å². The number of rotatable bonds is 3. The topological polar surface area (TPSA) is 75.6 Å². The molecule has 2 aromatic carbocycles. The number of fused-ring (bicyclic) bond motifs is 1. The van der Waals surface area contributed by atoms with Crippen molar-refractivity contribution < 1.29 is 0 Å². The molecule has 6 heteroatoms. The Morgan fingerprint density at radius 2 is 1.79 bits per heavy atom. The van der Waals surface area contributed by atoms with Gasteiger partial charge < -0.3 is 5.32 Å². The lowest BCUT2D eigenvalue weighted by molar-refractivity contribution is 0.904. The molecular formula is C18H15N5O. The fraction of sp³-hybridized carbons (Fsp3) is 0.0556. The van der Waals surface area contributed by atoms with Gasteiger partial charge in [0.05, 0.1) is 11.9 Å². The summed E-state index contributed by atoms with van der Waals surface area (Å²) in [6.07, 6.45) is 1.60. The molecule has 0 bridgehead atoms. The molecule has 118 valence electrons. The van der Waals surface area contributed by atoms with Crippen molar-refractivity contribution in [3.8, 4) is 5.69 Å². The summed E-state index contributed by atoms with van der Waals surface area (Å²) in [6.45, 7) is 2.02. The number of nitrogens with zero attached hydrogens (tertiary/aromatic N) is 3. The Balaban J connectivity index is 1.76. The first-order valence-corrected chi connectivity index (χ1v) is 7.58. The molecule has 0 aliphatic heterocycles. The van der Waals surface area contributed by atoms with E-state index in [1.54, 1.807) is 10.9 Å². The van der Waals surface area contributed by atoms with E-state index >= 15 is 0 Å². The van der Waals surface area contributed by atoms with E-state index in [1.165, 1.54) is 5.56 Å². The van der Waals surface area contributed by atoms with E-state index in [4.69, 9.17) is 0 Å². The highest BCUT2D eigenvalue weighted by Crippen LogP contribution is 2.17. The van der Waals surface area contributed by atoms with E-state index in [0.29, 0.717) is 17.0 Å². The van der Waals surface area contributed by atoms with E-state index in [-0.39, 0.29) is 5.56 Å². The molecule has 0 amide bonds. The van der Waals surface area contributed by atoms with Gasteiger partial charge in [0, 0.05) is 5.69 Å². The molecule has 2 aromatic heterocycles. The third-order valence-corrected chi connectivity index (χ3v) is 3.74. The van der Waals surface area contributed by atoms with Crippen LogP contribution in [0, 0.1) is 6.92 Å². The molecule has 2 N–H and O–H groups in total. The van der Waals surface area contributed by atoms with Crippen LogP contribution in [-0.4, -0.2) is 19.7 Å². The predicted molar refractivity (Wildman–Crippen MR) is 93.9 cm³/mol. The Morgan fingerprint density at radius 1 is 1.04 bits per heavy atom. The molecule has 24 heavy (non-hydrogen) atoms. The highest BCUT2D eigenvalue weighted by Gasteiger charge is 2.11. The number of aromatic nitrogens is 4. The van der Waals surface area contributed by atoms with Gasteiger partial charge in [-0.25, -0.2) is 9.67 Å². The van der Waals surface area contributed by atoms with E-state index in [9.17, 15) is 4.79 Å². The van der Waals surface area contributed by atoms with Gasteiger partial charge in [-0.05, 0) is 31.2 Å². The second-order valence-corrected chi connectivity index (χ2v) is 5.53. The first kappa shape index (κ1) is 14.2. The van der Waals surface area contributed by atoms with Crippen LogP contribution in [0.3, 0.4) is 0 Å². The monoisotopic (exact) mass is 317 g/mol. The van der Waals surface area contributed by atoms with Gasteiger partial charge in [-0.3, -0.25) is 9.78 Å². The quantitative estimate of drug-likeness (QED) is 0.608. The van der Waals surface area contributed by atoms with Crippen molar-refractivity contribution in [1.82, 2.24) is 19.7 Å². The molecule has 4 rings (SSSR count). The lowest BCUT2D eigenvalue weighted by Crippen LogP contribution is -2.14. The predicted octanol–water partition coefficient (Wildman–Crippen LogP) is 3.16. The van der Waals surface area contributed by atoms with Crippen molar-refractivity contribution >= 4 is 22.7 Å². The van der Waals surface area contributed by atoms with Crippen molar-refractivity contribution in [2.45, 2.75) is 6.92 Å². The zero-order valence-corrected chi connectivity index (χ0v) is 13.0. The van der Waals surface area contributed by atoms with Crippen LogP contribution < -0.4 is 10.9 Å². The summed E-state index contributed by atoms with van der Waals surface area (Å²) in [5, 5.41) is 7.40. The largest absolute Gasteiger partial charge is 0.326 e. The van der Waals surface area contributed by atoms with E-state index in [1.807, 2.05) is 61.5 Å². The molecule has 0 spiro atoms. The summed E-state index contributed by atoms with van der Waals surface area (Å²) in [5.41, 5.74) is 3.57. The Hall–Kier alpha value is -3.41. The summed E-state index contributed by atoms with van der Waals surface area (Å²) in [6, 6.07) is 17.4. The van der Waals surface area contributed by atoms with Crippen LogP contribution in [-0.2, 0) is 0 Å². The number of hydrogen-bond acceptors (Lipinski definition) is 4. The van der Waals surface area contributed by atoms with Gasteiger partial charge in [0.1, 0.15) is 5.52 Å². The third-order valence-electron chi connectivity index (χ3n) is 3.74. The molecule has 0 unspecified atom stereocenters. The molecule has 6 nitrogen and oxygen atoms in total. The maximum Gasteiger partial charge on any atom is 0.278 e. The van der Waals surface area contributed by atoms with Crippen LogP contribution in [0.15, 0.2) is 65.6 Å². The second kappa shape index (κ2) is 5.66. The fourth-order valence-electron chi connectivity index (χ4n) is 2.55. The molecule has 0 aliphatic rings. The Labute approximate surface area is 137 Å². The number of aromatic amines is 1. The Kier molecular flexibility index (Phi) is 3.35. The maximum absolute atomic E-state index is 12.5. The minimum Gasteiger partial charge on any atom is -0.326 e. The zero-order valence-electron chi connectivity index (χ0n) is 13.0. The summed E-state index contributed by atoms with van der Waals surface area (Å²) in [5.74, 6) is 0.393. The molecule has 0 radical (unpaired) electrons. The molecule has 0 fully saturated rings. The molecular weight excluding hydrogens is 302 g/mol. The number of anilines is 2. The van der Waals surface area contributed by atoms with Gasteiger partial charge in [-0.2, -0.15) is 5.10 Å². The minimum absolute atomic E-state index is 0.240. The van der Waals surface area contributed by atoms with Crippen LogP contribution in [0.4, 0.5) is 11.6 Å².